The number of guanidine groups is 1. The van der Waals surface area contributed by atoms with Crippen LogP contribution < -0.4 is 20.1 Å². The van der Waals surface area contributed by atoms with Gasteiger partial charge in [0.05, 0.1) is 20.2 Å². The predicted molar refractivity (Wildman–Crippen MR) is 113 cm³/mol. The van der Waals surface area contributed by atoms with Crippen LogP contribution in [0.2, 0.25) is 0 Å². The van der Waals surface area contributed by atoms with Gasteiger partial charge >= 0.3 is 0 Å². The number of benzene rings is 1. The number of nitrogens with one attached hydrogen (secondary N) is 2. The van der Waals surface area contributed by atoms with Crippen molar-refractivity contribution in [3.05, 3.63) is 24.3 Å². The smallest absolute Gasteiger partial charge is 0.191 e. The van der Waals surface area contributed by atoms with Crippen molar-refractivity contribution >= 4 is 17.7 Å². The van der Waals surface area contributed by atoms with Crippen molar-refractivity contribution in [2.45, 2.75) is 37.5 Å². The van der Waals surface area contributed by atoms with E-state index in [9.17, 15) is 0 Å². The Morgan fingerprint density at radius 3 is 2.70 bits per heavy atom. The molecule has 1 heterocycles. The van der Waals surface area contributed by atoms with E-state index in [1.165, 1.54) is 0 Å². The van der Waals surface area contributed by atoms with Gasteiger partial charge in [0.2, 0.25) is 0 Å². The summed E-state index contributed by atoms with van der Waals surface area (Å²) in [4.78, 5) is 4.83. The Bertz CT molecular complexity index is 592. The highest BCUT2D eigenvalue weighted by Crippen LogP contribution is 2.33. The maximum Gasteiger partial charge on any atom is 0.191 e. The molecule has 0 aromatic heterocycles. The molecule has 0 amide bonds. The molecule has 7 heteroatoms. The molecule has 6 nitrogen and oxygen atoms in total. The predicted octanol–water partition coefficient (Wildman–Crippen LogP) is 2.93. The Labute approximate surface area is 167 Å². The molecule has 0 spiro atoms. The Kier molecular flexibility index (Phi) is 9.07. The average molecular weight is 396 g/mol. The van der Waals surface area contributed by atoms with E-state index in [1.54, 1.807) is 7.11 Å². The Morgan fingerprint density at radius 2 is 2.04 bits per heavy atom. The lowest BCUT2D eigenvalue weighted by atomic mass is 9.99. The molecule has 0 bridgehead atoms. The summed E-state index contributed by atoms with van der Waals surface area (Å²) in [7, 11) is 1.66. The Balaban J connectivity index is 1.88. The fourth-order valence-electron chi connectivity index (χ4n) is 2.92. The molecule has 2 N–H and O–H groups in total. The first-order valence-electron chi connectivity index (χ1n) is 9.56. The second-order valence-corrected chi connectivity index (χ2v) is 7.96. The summed E-state index contributed by atoms with van der Waals surface area (Å²) < 4.78 is 16.9. The van der Waals surface area contributed by atoms with Crippen LogP contribution in [0.1, 0.15) is 26.7 Å². The normalized spacial score (nSPS) is 17.9. The van der Waals surface area contributed by atoms with Crippen molar-refractivity contribution in [1.29, 1.82) is 0 Å². The molecule has 1 aliphatic rings. The maximum absolute atomic E-state index is 5.97. The second kappa shape index (κ2) is 11.3. The largest absolute Gasteiger partial charge is 0.497 e. The number of aliphatic imine (C=N–C) groups is 1. The lowest BCUT2D eigenvalue weighted by molar-refractivity contribution is 0.0794. The van der Waals surface area contributed by atoms with Gasteiger partial charge in [-0.3, -0.25) is 4.99 Å². The summed E-state index contributed by atoms with van der Waals surface area (Å²) in [5.41, 5.74) is 0. The van der Waals surface area contributed by atoms with Crippen LogP contribution in [0.25, 0.3) is 0 Å². The van der Waals surface area contributed by atoms with E-state index in [-0.39, 0.29) is 10.9 Å². The molecule has 0 radical (unpaired) electrons. The van der Waals surface area contributed by atoms with Crippen LogP contribution in [0, 0.1) is 0 Å². The van der Waals surface area contributed by atoms with Gasteiger partial charge in [0.15, 0.2) is 5.96 Å². The minimum absolute atomic E-state index is 0.00134. The number of nitrogens with zero attached hydrogens (tertiary/aromatic N) is 1. The molecule has 0 saturated carbocycles. The summed E-state index contributed by atoms with van der Waals surface area (Å²) in [6, 6.07) is 7.66. The molecule has 1 atom stereocenters. The molecule has 1 fully saturated rings. The van der Waals surface area contributed by atoms with Crippen LogP contribution in [0.5, 0.6) is 11.5 Å². The second-order valence-electron chi connectivity index (χ2n) is 6.68. The summed E-state index contributed by atoms with van der Waals surface area (Å²) in [5, 5.41) is 6.72. The van der Waals surface area contributed by atoms with Gasteiger partial charge in [0, 0.05) is 30.6 Å². The quantitative estimate of drug-likeness (QED) is 0.495. The van der Waals surface area contributed by atoms with E-state index in [4.69, 9.17) is 19.2 Å². The molecule has 27 heavy (non-hydrogen) atoms. The van der Waals surface area contributed by atoms with Gasteiger partial charge in [-0.05, 0) is 45.1 Å². The van der Waals surface area contributed by atoms with E-state index in [0.717, 1.165) is 56.6 Å². The molecule has 0 aliphatic carbocycles. The van der Waals surface area contributed by atoms with E-state index < -0.39 is 0 Å². The van der Waals surface area contributed by atoms with Crippen molar-refractivity contribution in [3.8, 4) is 11.5 Å². The highest BCUT2D eigenvalue weighted by atomic mass is 32.2. The molecule has 1 unspecified atom stereocenters. The monoisotopic (exact) mass is 395 g/mol. The van der Waals surface area contributed by atoms with Crippen LogP contribution in [-0.4, -0.2) is 63.0 Å². The Morgan fingerprint density at radius 1 is 1.30 bits per heavy atom. The van der Waals surface area contributed by atoms with Gasteiger partial charge in [0.1, 0.15) is 17.6 Å². The molecule has 1 aromatic carbocycles. The van der Waals surface area contributed by atoms with Crippen molar-refractivity contribution < 1.29 is 14.2 Å². The molecule has 1 saturated heterocycles. The van der Waals surface area contributed by atoms with Crippen molar-refractivity contribution in [1.82, 2.24) is 10.6 Å². The number of hydrogen-bond acceptors (Lipinski definition) is 5. The van der Waals surface area contributed by atoms with E-state index >= 15 is 0 Å². The summed E-state index contributed by atoms with van der Waals surface area (Å²) in [6.07, 6.45) is 4.27. The van der Waals surface area contributed by atoms with Crippen LogP contribution >= 0.6 is 11.8 Å². The van der Waals surface area contributed by atoms with Crippen LogP contribution in [0.15, 0.2) is 29.3 Å². The zero-order valence-corrected chi connectivity index (χ0v) is 17.7. The molecular weight excluding hydrogens is 362 g/mol. The third kappa shape index (κ3) is 7.14. The first-order chi connectivity index (χ1) is 13.1. The van der Waals surface area contributed by atoms with Gasteiger partial charge in [-0.1, -0.05) is 6.07 Å². The number of rotatable bonds is 9. The fourth-order valence-corrected chi connectivity index (χ4v) is 3.69. The minimum atomic E-state index is -0.00134. The summed E-state index contributed by atoms with van der Waals surface area (Å²) in [6.45, 7) is 8.05. The first kappa shape index (κ1) is 21.7. The zero-order chi connectivity index (χ0) is 19.5. The summed E-state index contributed by atoms with van der Waals surface area (Å²) in [5.74, 6) is 2.43. The van der Waals surface area contributed by atoms with Crippen molar-refractivity contribution in [3.63, 3.8) is 0 Å². The third-order valence-corrected chi connectivity index (χ3v) is 6.05. The van der Waals surface area contributed by atoms with E-state index in [2.05, 4.69) is 23.8 Å². The van der Waals surface area contributed by atoms with Gasteiger partial charge in [-0.15, -0.1) is 0 Å². The van der Waals surface area contributed by atoms with E-state index in [0.29, 0.717) is 6.54 Å². The van der Waals surface area contributed by atoms with Gasteiger partial charge in [-0.25, -0.2) is 0 Å². The van der Waals surface area contributed by atoms with Crippen molar-refractivity contribution in [2.24, 2.45) is 4.99 Å². The maximum atomic E-state index is 5.97. The van der Waals surface area contributed by atoms with Crippen molar-refractivity contribution in [2.75, 3.05) is 46.2 Å². The van der Waals surface area contributed by atoms with Crippen LogP contribution in [-0.2, 0) is 4.74 Å². The number of hydrogen-bond donors (Lipinski definition) is 2. The lowest BCUT2D eigenvalue weighted by Crippen LogP contribution is -2.43. The molecular formula is C20H33N3O3S. The fraction of sp³-hybridized carbons (Fsp3) is 0.650. The number of thioether (sulfide) groups is 1. The average Bonchev–Trinajstić information content (AvgIpc) is 2.71. The zero-order valence-electron chi connectivity index (χ0n) is 16.9. The van der Waals surface area contributed by atoms with Crippen LogP contribution in [0.4, 0.5) is 0 Å². The SMILES string of the molecule is CCNC(=NCC1(SC)CCOCC1)NCC(C)Oc1cccc(OC)c1. The van der Waals surface area contributed by atoms with Gasteiger partial charge in [0.25, 0.3) is 0 Å². The van der Waals surface area contributed by atoms with E-state index in [1.807, 2.05) is 43.0 Å². The number of ether oxygens (including phenoxy) is 3. The lowest BCUT2D eigenvalue weighted by Gasteiger charge is -2.34. The first-order valence-corrected chi connectivity index (χ1v) is 10.8. The molecule has 152 valence electrons. The standard InChI is InChI=1S/C20H33N3O3S/c1-5-21-19(23-15-20(27-4)9-11-25-12-10-20)22-14-16(2)26-18-8-6-7-17(13-18)24-3/h6-8,13,16H,5,9-12,14-15H2,1-4H3,(H2,21,22,23). The Hall–Kier alpha value is -1.60. The third-order valence-electron chi connectivity index (χ3n) is 4.64. The number of methoxy groups -OCH3 is 1. The minimum Gasteiger partial charge on any atom is -0.497 e. The molecule has 1 aromatic rings. The molecule has 2 rings (SSSR count). The van der Waals surface area contributed by atoms with Gasteiger partial charge in [-0.2, -0.15) is 11.8 Å². The highest BCUT2D eigenvalue weighted by molar-refractivity contribution is 8.00. The topological polar surface area (TPSA) is 64.1 Å². The summed E-state index contributed by atoms with van der Waals surface area (Å²) >= 11 is 1.90. The van der Waals surface area contributed by atoms with Crippen LogP contribution in [0.3, 0.4) is 0 Å². The highest BCUT2D eigenvalue weighted by Gasteiger charge is 2.31. The van der Waals surface area contributed by atoms with Gasteiger partial charge < -0.3 is 24.8 Å². The molecule has 1 aliphatic heterocycles.